The van der Waals surface area contributed by atoms with Gasteiger partial charge in [0.25, 0.3) is 0 Å². The number of benzene rings is 1. The summed E-state index contributed by atoms with van der Waals surface area (Å²) in [6.45, 7) is 6.07. The van der Waals surface area contributed by atoms with Crippen LogP contribution in [0, 0.1) is 5.92 Å². The van der Waals surface area contributed by atoms with Crippen LogP contribution in [0.25, 0.3) is 0 Å². The van der Waals surface area contributed by atoms with Crippen LogP contribution in [-0.4, -0.2) is 41.0 Å². The molecule has 2 N–H and O–H groups in total. The minimum absolute atomic E-state index is 0.0967. The van der Waals surface area contributed by atoms with E-state index in [1.54, 1.807) is 24.3 Å². The Morgan fingerprint density at radius 2 is 1.77 bits per heavy atom. The fourth-order valence-corrected chi connectivity index (χ4v) is 2.87. The third-order valence-electron chi connectivity index (χ3n) is 4.30. The quantitative estimate of drug-likeness (QED) is 0.873. The van der Waals surface area contributed by atoms with Crippen molar-refractivity contribution in [1.29, 1.82) is 0 Å². The fraction of sp³-hybridized carbons (Fsp3) is 0.529. The highest BCUT2D eigenvalue weighted by Crippen LogP contribution is 2.21. The van der Waals surface area contributed by atoms with Gasteiger partial charge in [0.15, 0.2) is 6.04 Å². The fourth-order valence-electron chi connectivity index (χ4n) is 2.87. The number of carbonyl (C=O) groups excluding carboxylic acids is 1. The summed E-state index contributed by atoms with van der Waals surface area (Å²) in [5.74, 6) is -1.28. The van der Waals surface area contributed by atoms with E-state index in [1.165, 1.54) is 0 Å². The minimum atomic E-state index is -1.03. The van der Waals surface area contributed by atoms with Crippen molar-refractivity contribution < 1.29 is 14.7 Å². The molecule has 0 aliphatic carbocycles. The molecule has 0 radical (unpaired) electrons. The number of carboxylic acids is 1. The van der Waals surface area contributed by atoms with Gasteiger partial charge in [-0.2, -0.15) is 0 Å². The molecule has 5 heteroatoms. The molecular formula is C17H24N2O3. The molecule has 1 aliphatic rings. The molecular weight excluding hydrogens is 280 g/mol. The zero-order valence-electron chi connectivity index (χ0n) is 13.2. The molecule has 1 atom stereocenters. The second kappa shape index (κ2) is 7.40. The first-order chi connectivity index (χ1) is 10.5. The highest BCUT2D eigenvalue weighted by atomic mass is 16.4. The van der Waals surface area contributed by atoms with Crippen molar-refractivity contribution in [3.8, 4) is 0 Å². The number of nitrogens with one attached hydrogen (secondary N) is 1. The number of amides is 1. The van der Waals surface area contributed by atoms with Gasteiger partial charge in [0, 0.05) is 12.0 Å². The summed E-state index contributed by atoms with van der Waals surface area (Å²) < 4.78 is 0. The molecule has 1 fully saturated rings. The summed E-state index contributed by atoms with van der Waals surface area (Å²) in [5, 5.41) is 12.1. The summed E-state index contributed by atoms with van der Waals surface area (Å²) in [7, 11) is 0. The zero-order chi connectivity index (χ0) is 16.1. The predicted molar refractivity (Wildman–Crippen MR) is 84.4 cm³/mol. The van der Waals surface area contributed by atoms with Gasteiger partial charge in [-0.3, -0.25) is 4.79 Å². The van der Waals surface area contributed by atoms with Gasteiger partial charge in [-0.25, -0.2) is 4.79 Å². The number of carbonyl (C=O) groups is 2. The van der Waals surface area contributed by atoms with Crippen LogP contribution in [0.4, 0.5) is 0 Å². The Morgan fingerprint density at radius 3 is 2.27 bits per heavy atom. The molecule has 1 saturated heterocycles. The number of nitrogens with zero attached hydrogens (tertiary/aromatic N) is 1. The van der Waals surface area contributed by atoms with E-state index in [2.05, 4.69) is 24.1 Å². The number of carboxylic acid groups (broad SMARTS) is 1. The first kappa shape index (κ1) is 16.5. The van der Waals surface area contributed by atoms with E-state index in [-0.39, 0.29) is 11.8 Å². The van der Waals surface area contributed by atoms with Crippen molar-refractivity contribution in [3.05, 3.63) is 35.9 Å². The van der Waals surface area contributed by atoms with Crippen molar-refractivity contribution >= 4 is 11.9 Å². The second-order valence-corrected chi connectivity index (χ2v) is 6.09. The van der Waals surface area contributed by atoms with E-state index in [4.69, 9.17) is 0 Å². The Balaban J connectivity index is 1.97. The van der Waals surface area contributed by atoms with Crippen LogP contribution in [0.15, 0.2) is 30.3 Å². The van der Waals surface area contributed by atoms with Gasteiger partial charge in [0.05, 0.1) is 0 Å². The van der Waals surface area contributed by atoms with Gasteiger partial charge >= 0.3 is 5.97 Å². The molecule has 2 rings (SSSR count). The average molecular weight is 304 g/mol. The summed E-state index contributed by atoms with van der Waals surface area (Å²) in [4.78, 5) is 26.1. The predicted octanol–water partition coefficient (Wildman–Crippen LogP) is 2.05. The van der Waals surface area contributed by atoms with E-state index in [0.29, 0.717) is 11.6 Å². The minimum Gasteiger partial charge on any atom is -0.479 e. The van der Waals surface area contributed by atoms with Gasteiger partial charge in [0.1, 0.15) is 0 Å². The van der Waals surface area contributed by atoms with Crippen LogP contribution in [0.3, 0.4) is 0 Å². The number of aliphatic carboxylic acids is 1. The summed E-state index contributed by atoms with van der Waals surface area (Å²) in [5.41, 5.74) is 0.600. The van der Waals surface area contributed by atoms with Crippen LogP contribution in [0.2, 0.25) is 0 Å². The van der Waals surface area contributed by atoms with Crippen molar-refractivity contribution in [2.45, 2.75) is 38.8 Å². The molecule has 120 valence electrons. The maximum absolute atomic E-state index is 12.4. The van der Waals surface area contributed by atoms with Crippen LogP contribution in [0.1, 0.15) is 38.3 Å². The van der Waals surface area contributed by atoms with Crippen molar-refractivity contribution in [2.75, 3.05) is 13.1 Å². The molecule has 0 aromatic heterocycles. The van der Waals surface area contributed by atoms with E-state index in [0.717, 1.165) is 25.9 Å². The van der Waals surface area contributed by atoms with Crippen molar-refractivity contribution in [3.63, 3.8) is 0 Å². The largest absolute Gasteiger partial charge is 0.479 e. The van der Waals surface area contributed by atoms with E-state index in [1.807, 2.05) is 6.07 Å². The molecule has 1 heterocycles. The van der Waals surface area contributed by atoms with Gasteiger partial charge in [-0.1, -0.05) is 30.3 Å². The Bertz CT molecular complexity index is 508. The smallest absolute Gasteiger partial charge is 0.330 e. The van der Waals surface area contributed by atoms with Gasteiger partial charge in [-0.05, 0) is 45.3 Å². The molecule has 1 amide bonds. The molecule has 1 aromatic carbocycles. The lowest BCUT2D eigenvalue weighted by Crippen LogP contribution is -2.44. The highest BCUT2D eigenvalue weighted by molar-refractivity contribution is 5.85. The maximum atomic E-state index is 12.4. The van der Waals surface area contributed by atoms with Crippen LogP contribution in [0.5, 0.6) is 0 Å². The molecule has 5 nitrogen and oxygen atoms in total. The number of likely N-dealkylation sites (tertiary alicyclic amines) is 1. The van der Waals surface area contributed by atoms with Gasteiger partial charge < -0.3 is 15.3 Å². The van der Waals surface area contributed by atoms with E-state index in [9.17, 15) is 14.7 Å². The summed E-state index contributed by atoms with van der Waals surface area (Å²) >= 11 is 0. The molecule has 1 aromatic rings. The molecule has 22 heavy (non-hydrogen) atoms. The van der Waals surface area contributed by atoms with Crippen LogP contribution >= 0.6 is 0 Å². The number of rotatable bonds is 5. The normalized spacial score (nSPS) is 18.1. The molecule has 0 saturated carbocycles. The SMILES string of the molecule is CC(C)N1CCC(C(=O)N[C@@H](C(=O)O)c2ccccc2)CC1. The first-order valence-electron chi connectivity index (χ1n) is 7.81. The topological polar surface area (TPSA) is 69.6 Å². The Labute approximate surface area is 131 Å². The molecule has 0 spiro atoms. The van der Waals surface area contributed by atoms with Crippen molar-refractivity contribution in [2.24, 2.45) is 5.92 Å². The third-order valence-corrected chi connectivity index (χ3v) is 4.30. The average Bonchev–Trinajstić information content (AvgIpc) is 2.53. The van der Waals surface area contributed by atoms with Crippen LogP contribution in [-0.2, 0) is 9.59 Å². The Hall–Kier alpha value is -1.88. The number of hydrogen-bond donors (Lipinski definition) is 2. The molecule has 0 unspecified atom stereocenters. The maximum Gasteiger partial charge on any atom is 0.330 e. The Morgan fingerprint density at radius 1 is 1.18 bits per heavy atom. The van der Waals surface area contributed by atoms with Gasteiger partial charge in [0.2, 0.25) is 5.91 Å². The first-order valence-corrected chi connectivity index (χ1v) is 7.81. The standard InChI is InChI=1S/C17H24N2O3/c1-12(2)19-10-8-14(9-11-19)16(20)18-15(17(21)22)13-6-4-3-5-7-13/h3-7,12,14-15H,8-11H2,1-2H3,(H,18,20)(H,21,22)/t15-/m1/s1. The number of hydrogen-bond acceptors (Lipinski definition) is 3. The summed E-state index contributed by atoms with van der Waals surface area (Å²) in [6.07, 6.45) is 1.57. The Kier molecular flexibility index (Phi) is 5.55. The lowest BCUT2D eigenvalue weighted by molar-refractivity contribution is -0.143. The van der Waals surface area contributed by atoms with Gasteiger partial charge in [-0.15, -0.1) is 0 Å². The summed E-state index contributed by atoms with van der Waals surface area (Å²) in [6, 6.07) is 8.33. The number of piperidine rings is 1. The lowest BCUT2D eigenvalue weighted by atomic mass is 9.94. The zero-order valence-corrected chi connectivity index (χ0v) is 13.2. The molecule has 0 bridgehead atoms. The second-order valence-electron chi connectivity index (χ2n) is 6.09. The van der Waals surface area contributed by atoms with Crippen molar-refractivity contribution in [1.82, 2.24) is 10.2 Å². The monoisotopic (exact) mass is 304 g/mol. The lowest BCUT2D eigenvalue weighted by Gasteiger charge is -2.34. The highest BCUT2D eigenvalue weighted by Gasteiger charge is 2.29. The van der Waals surface area contributed by atoms with E-state index >= 15 is 0 Å². The molecule has 1 aliphatic heterocycles. The van der Waals surface area contributed by atoms with E-state index < -0.39 is 12.0 Å². The van der Waals surface area contributed by atoms with Crippen LogP contribution < -0.4 is 5.32 Å². The third kappa shape index (κ3) is 4.07.